The van der Waals surface area contributed by atoms with Gasteiger partial charge in [0, 0.05) is 25.0 Å². The number of pyridine rings is 2. The highest BCUT2D eigenvalue weighted by Gasteiger charge is 2.19. The van der Waals surface area contributed by atoms with Crippen LogP contribution in [0.4, 0.5) is 5.82 Å². The molecule has 0 aliphatic heterocycles. The number of nitrogens with one attached hydrogen (secondary N) is 1. The van der Waals surface area contributed by atoms with Crippen molar-refractivity contribution in [2.45, 2.75) is 0 Å². The fraction of sp³-hybridized carbons (Fsp3) is 0.0714. The molecule has 3 aromatic heterocycles. The predicted molar refractivity (Wildman–Crippen MR) is 80.0 cm³/mol. The van der Waals surface area contributed by atoms with Gasteiger partial charge in [0.2, 0.25) is 0 Å². The minimum absolute atomic E-state index is 0.0394. The Kier molecular flexibility index (Phi) is 2.96. The minimum atomic E-state index is -0.617. The highest BCUT2D eigenvalue weighted by molar-refractivity contribution is 5.97. The Morgan fingerprint density at radius 3 is 2.64 bits per heavy atom. The Balaban J connectivity index is 2.65. The standard InChI is InChI=1S/C14H10N6O2/c1-20-12-10(13(21)19-14(20)22)9(7-2-4-17-5-3-7)8(6-15)11(16)18-12/h2-5H,1H3,(H2,16,18)(H,19,21,22). The summed E-state index contributed by atoms with van der Waals surface area (Å²) >= 11 is 0. The average Bonchev–Trinajstić information content (AvgIpc) is 2.52. The van der Waals surface area contributed by atoms with Gasteiger partial charge in [0.1, 0.15) is 17.5 Å². The number of aryl methyl sites for hydroxylation is 1. The average molecular weight is 294 g/mol. The van der Waals surface area contributed by atoms with Crippen LogP contribution >= 0.6 is 0 Å². The van der Waals surface area contributed by atoms with Gasteiger partial charge in [-0.1, -0.05) is 0 Å². The third-order valence-electron chi connectivity index (χ3n) is 3.36. The molecule has 0 bridgehead atoms. The molecule has 0 aliphatic rings. The molecule has 0 fully saturated rings. The molecule has 0 aromatic carbocycles. The number of H-pyrrole nitrogens is 1. The number of rotatable bonds is 1. The second-order valence-corrected chi connectivity index (χ2v) is 4.61. The van der Waals surface area contributed by atoms with Gasteiger partial charge >= 0.3 is 5.69 Å². The first-order chi connectivity index (χ1) is 10.5. The summed E-state index contributed by atoms with van der Waals surface area (Å²) in [5.41, 5.74) is 5.75. The summed E-state index contributed by atoms with van der Waals surface area (Å²) in [6.07, 6.45) is 3.07. The quantitative estimate of drug-likeness (QED) is 0.656. The molecular formula is C14H10N6O2. The van der Waals surface area contributed by atoms with E-state index >= 15 is 0 Å². The Morgan fingerprint density at radius 2 is 2.00 bits per heavy atom. The van der Waals surface area contributed by atoms with E-state index in [0.717, 1.165) is 0 Å². The van der Waals surface area contributed by atoms with E-state index in [1.54, 1.807) is 12.1 Å². The van der Waals surface area contributed by atoms with Gasteiger partial charge in [0.05, 0.1) is 5.39 Å². The summed E-state index contributed by atoms with van der Waals surface area (Å²) in [6.45, 7) is 0. The third-order valence-corrected chi connectivity index (χ3v) is 3.36. The molecule has 0 amide bonds. The maximum absolute atomic E-state index is 12.3. The summed E-state index contributed by atoms with van der Waals surface area (Å²) < 4.78 is 1.18. The summed E-state index contributed by atoms with van der Waals surface area (Å²) in [7, 11) is 1.47. The monoisotopic (exact) mass is 294 g/mol. The first kappa shape index (κ1) is 13.5. The van der Waals surface area contributed by atoms with Gasteiger partial charge in [-0.05, 0) is 17.7 Å². The fourth-order valence-electron chi connectivity index (χ4n) is 2.31. The van der Waals surface area contributed by atoms with Crippen molar-refractivity contribution in [3.05, 3.63) is 50.9 Å². The first-order valence-corrected chi connectivity index (χ1v) is 6.27. The summed E-state index contributed by atoms with van der Waals surface area (Å²) in [6, 6.07) is 5.27. The number of aromatic amines is 1. The zero-order valence-corrected chi connectivity index (χ0v) is 11.5. The Morgan fingerprint density at radius 1 is 1.32 bits per heavy atom. The van der Waals surface area contributed by atoms with Gasteiger partial charge in [-0.2, -0.15) is 5.26 Å². The second-order valence-electron chi connectivity index (χ2n) is 4.61. The Labute approximate surface area is 123 Å². The summed E-state index contributed by atoms with van der Waals surface area (Å²) in [5.74, 6) is -0.0394. The van der Waals surface area contributed by atoms with Gasteiger partial charge in [0.15, 0.2) is 5.65 Å². The largest absolute Gasteiger partial charge is 0.383 e. The number of nitriles is 1. The first-order valence-electron chi connectivity index (χ1n) is 6.27. The number of anilines is 1. The number of nitrogen functional groups attached to an aromatic ring is 1. The van der Waals surface area contributed by atoms with Crippen LogP contribution in [0.5, 0.6) is 0 Å². The van der Waals surface area contributed by atoms with Crippen molar-refractivity contribution in [1.29, 1.82) is 5.26 Å². The highest BCUT2D eigenvalue weighted by Crippen LogP contribution is 2.30. The van der Waals surface area contributed by atoms with Crippen molar-refractivity contribution in [2.24, 2.45) is 7.05 Å². The van der Waals surface area contributed by atoms with Crippen molar-refractivity contribution in [2.75, 3.05) is 5.73 Å². The van der Waals surface area contributed by atoms with Crippen LogP contribution in [0.15, 0.2) is 34.1 Å². The van der Waals surface area contributed by atoms with Crippen molar-refractivity contribution >= 4 is 16.9 Å². The molecule has 0 aliphatic carbocycles. The molecule has 3 aromatic rings. The minimum Gasteiger partial charge on any atom is -0.383 e. The van der Waals surface area contributed by atoms with Crippen LogP contribution < -0.4 is 17.0 Å². The second kappa shape index (κ2) is 4.82. The molecular weight excluding hydrogens is 284 g/mol. The third kappa shape index (κ3) is 1.84. The zero-order valence-electron chi connectivity index (χ0n) is 11.5. The van der Waals surface area contributed by atoms with Gasteiger partial charge < -0.3 is 5.73 Å². The van der Waals surface area contributed by atoms with Crippen LogP contribution in [0.25, 0.3) is 22.2 Å². The number of nitrogens with two attached hydrogens (primary N) is 1. The molecule has 0 radical (unpaired) electrons. The van der Waals surface area contributed by atoms with Crippen LogP contribution in [0.1, 0.15) is 5.56 Å². The predicted octanol–water partition coefficient (Wildman–Crippen LogP) is 0.138. The fourth-order valence-corrected chi connectivity index (χ4v) is 2.31. The molecule has 0 saturated carbocycles. The molecule has 8 nitrogen and oxygen atoms in total. The molecule has 0 saturated heterocycles. The molecule has 0 unspecified atom stereocenters. The number of aromatic nitrogens is 4. The topological polar surface area (TPSA) is 130 Å². The Bertz CT molecular complexity index is 1040. The van der Waals surface area contributed by atoms with E-state index in [2.05, 4.69) is 15.0 Å². The van der Waals surface area contributed by atoms with E-state index in [1.165, 1.54) is 24.0 Å². The normalized spacial score (nSPS) is 10.5. The maximum Gasteiger partial charge on any atom is 0.329 e. The lowest BCUT2D eigenvalue weighted by atomic mass is 9.99. The SMILES string of the molecule is Cn1c(=O)[nH]c(=O)c2c(-c3ccncc3)c(C#N)c(N)nc21. The van der Waals surface area contributed by atoms with E-state index < -0.39 is 11.2 Å². The van der Waals surface area contributed by atoms with Gasteiger partial charge in [-0.25, -0.2) is 9.78 Å². The van der Waals surface area contributed by atoms with Crippen LogP contribution in [-0.2, 0) is 7.05 Å². The van der Waals surface area contributed by atoms with Crippen LogP contribution in [0, 0.1) is 11.3 Å². The number of hydrogen-bond acceptors (Lipinski definition) is 6. The number of nitrogens with zero attached hydrogens (tertiary/aromatic N) is 4. The van der Waals surface area contributed by atoms with Crippen molar-refractivity contribution in [3.8, 4) is 17.2 Å². The molecule has 22 heavy (non-hydrogen) atoms. The van der Waals surface area contributed by atoms with E-state index in [-0.39, 0.29) is 22.4 Å². The van der Waals surface area contributed by atoms with Crippen molar-refractivity contribution < 1.29 is 0 Å². The highest BCUT2D eigenvalue weighted by atomic mass is 16.2. The molecule has 8 heteroatoms. The lowest BCUT2D eigenvalue weighted by Gasteiger charge is -2.11. The van der Waals surface area contributed by atoms with E-state index in [0.29, 0.717) is 11.1 Å². The van der Waals surface area contributed by atoms with Crippen LogP contribution in [0.3, 0.4) is 0 Å². The van der Waals surface area contributed by atoms with E-state index in [9.17, 15) is 14.9 Å². The van der Waals surface area contributed by atoms with E-state index in [1.807, 2.05) is 6.07 Å². The zero-order chi connectivity index (χ0) is 15.9. The summed E-state index contributed by atoms with van der Waals surface area (Å²) in [5, 5.41) is 9.51. The lowest BCUT2D eigenvalue weighted by molar-refractivity contribution is 0.830. The molecule has 0 spiro atoms. The van der Waals surface area contributed by atoms with Gasteiger partial charge in [-0.3, -0.25) is 19.3 Å². The van der Waals surface area contributed by atoms with Gasteiger partial charge in [-0.15, -0.1) is 0 Å². The number of hydrogen-bond donors (Lipinski definition) is 2. The Hall–Kier alpha value is -3.47. The molecule has 0 atom stereocenters. The lowest BCUT2D eigenvalue weighted by Crippen LogP contribution is -2.29. The molecule has 108 valence electrons. The van der Waals surface area contributed by atoms with E-state index in [4.69, 9.17) is 5.73 Å². The number of fused-ring (bicyclic) bond motifs is 1. The molecule has 3 rings (SSSR count). The molecule has 3 N–H and O–H groups in total. The summed E-state index contributed by atoms with van der Waals surface area (Å²) in [4.78, 5) is 34.1. The smallest absolute Gasteiger partial charge is 0.329 e. The van der Waals surface area contributed by atoms with Crippen LogP contribution in [-0.4, -0.2) is 19.5 Å². The van der Waals surface area contributed by atoms with Crippen molar-refractivity contribution in [3.63, 3.8) is 0 Å². The van der Waals surface area contributed by atoms with Crippen LogP contribution in [0.2, 0.25) is 0 Å². The maximum atomic E-state index is 12.3. The van der Waals surface area contributed by atoms with Crippen molar-refractivity contribution in [1.82, 2.24) is 19.5 Å². The molecule has 3 heterocycles. The van der Waals surface area contributed by atoms with Gasteiger partial charge in [0.25, 0.3) is 5.56 Å².